The summed E-state index contributed by atoms with van der Waals surface area (Å²) in [6, 6.07) is 0. The molecular formula is C7H9BrN2O3S. The zero-order valence-electron chi connectivity index (χ0n) is 7.69. The van der Waals surface area contributed by atoms with E-state index in [4.69, 9.17) is 0 Å². The molecule has 1 heterocycles. The minimum absolute atomic E-state index is 0.0806. The van der Waals surface area contributed by atoms with Crippen molar-refractivity contribution in [1.82, 2.24) is 9.97 Å². The van der Waals surface area contributed by atoms with Crippen LogP contribution in [-0.4, -0.2) is 24.6 Å². The van der Waals surface area contributed by atoms with Crippen molar-refractivity contribution in [3.8, 4) is 0 Å². The zero-order valence-corrected chi connectivity index (χ0v) is 10.1. The molecule has 0 amide bonds. The second-order valence-corrected chi connectivity index (χ2v) is 5.18. The SMILES string of the molecule is Cc1ncc(Br)c(COS(C)(=O)=O)n1. The molecule has 7 heteroatoms. The molecule has 78 valence electrons. The average molecular weight is 281 g/mol. The fourth-order valence-electron chi connectivity index (χ4n) is 0.766. The Kier molecular flexibility index (Phi) is 3.57. The molecule has 0 N–H and O–H groups in total. The smallest absolute Gasteiger partial charge is 0.264 e. The molecule has 0 aliphatic rings. The Balaban J connectivity index is 2.81. The molecule has 0 bridgehead atoms. The number of halogens is 1. The maximum absolute atomic E-state index is 10.7. The predicted octanol–water partition coefficient (Wildman–Crippen LogP) is 1.02. The summed E-state index contributed by atoms with van der Waals surface area (Å²) >= 11 is 3.20. The van der Waals surface area contributed by atoms with E-state index in [0.29, 0.717) is 16.0 Å². The fraction of sp³-hybridized carbons (Fsp3) is 0.429. The highest BCUT2D eigenvalue weighted by Crippen LogP contribution is 2.14. The number of rotatable bonds is 3. The van der Waals surface area contributed by atoms with Gasteiger partial charge in [-0.1, -0.05) is 0 Å². The van der Waals surface area contributed by atoms with Crippen molar-refractivity contribution >= 4 is 26.0 Å². The zero-order chi connectivity index (χ0) is 10.8. The Morgan fingerprint density at radius 2 is 2.21 bits per heavy atom. The van der Waals surface area contributed by atoms with Gasteiger partial charge in [-0.3, -0.25) is 4.18 Å². The van der Waals surface area contributed by atoms with Crippen molar-refractivity contribution < 1.29 is 12.6 Å². The topological polar surface area (TPSA) is 69.2 Å². The standard InChI is InChI=1S/C7H9BrN2O3S/c1-5-9-3-6(8)7(10-5)4-13-14(2,11)12/h3H,4H2,1-2H3. The molecule has 0 spiro atoms. The van der Waals surface area contributed by atoms with E-state index >= 15 is 0 Å². The van der Waals surface area contributed by atoms with Gasteiger partial charge in [-0.2, -0.15) is 8.42 Å². The molecule has 0 radical (unpaired) electrons. The fourth-order valence-corrected chi connectivity index (χ4v) is 1.40. The van der Waals surface area contributed by atoms with E-state index in [1.807, 2.05) is 0 Å². The van der Waals surface area contributed by atoms with Gasteiger partial charge in [0, 0.05) is 6.20 Å². The van der Waals surface area contributed by atoms with Crippen LogP contribution in [0.1, 0.15) is 11.5 Å². The van der Waals surface area contributed by atoms with Crippen molar-refractivity contribution in [1.29, 1.82) is 0 Å². The van der Waals surface area contributed by atoms with E-state index in [2.05, 4.69) is 30.1 Å². The number of hydrogen-bond donors (Lipinski definition) is 0. The summed E-state index contributed by atoms with van der Waals surface area (Å²) in [5.74, 6) is 0.570. The van der Waals surface area contributed by atoms with E-state index < -0.39 is 10.1 Å². The lowest BCUT2D eigenvalue weighted by Crippen LogP contribution is -2.05. The predicted molar refractivity (Wildman–Crippen MR) is 54.1 cm³/mol. The summed E-state index contributed by atoms with van der Waals surface area (Å²) in [6.45, 7) is 1.64. The minimum Gasteiger partial charge on any atom is -0.264 e. The van der Waals surface area contributed by atoms with Crippen molar-refractivity contribution in [2.45, 2.75) is 13.5 Å². The molecule has 0 aliphatic heterocycles. The first-order chi connectivity index (χ1) is 6.38. The maximum Gasteiger partial charge on any atom is 0.264 e. The van der Waals surface area contributed by atoms with Crippen LogP contribution >= 0.6 is 15.9 Å². The normalized spacial score (nSPS) is 11.6. The number of aryl methyl sites for hydroxylation is 1. The molecule has 14 heavy (non-hydrogen) atoms. The molecule has 1 aromatic heterocycles. The first-order valence-electron chi connectivity index (χ1n) is 3.71. The van der Waals surface area contributed by atoms with Crippen molar-refractivity contribution in [3.63, 3.8) is 0 Å². The average Bonchev–Trinajstić information content (AvgIpc) is 2.05. The van der Waals surface area contributed by atoms with Crippen LogP contribution in [0.25, 0.3) is 0 Å². The number of hydrogen-bond acceptors (Lipinski definition) is 5. The summed E-state index contributed by atoms with van der Waals surface area (Å²) in [5, 5.41) is 0. The Hall–Kier alpha value is -0.530. The van der Waals surface area contributed by atoms with Crippen LogP contribution in [0.5, 0.6) is 0 Å². The van der Waals surface area contributed by atoms with Gasteiger partial charge in [0.05, 0.1) is 16.4 Å². The summed E-state index contributed by atoms with van der Waals surface area (Å²) in [5.41, 5.74) is 0.517. The van der Waals surface area contributed by atoms with Gasteiger partial charge in [0.25, 0.3) is 10.1 Å². The highest BCUT2D eigenvalue weighted by molar-refractivity contribution is 9.10. The molecule has 0 saturated carbocycles. The van der Waals surface area contributed by atoms with E-state index in [0.717, 1.165) is 6.26 Å². The summed E-state index contributed by atoms with van der Waals surface area (Å²) in [7, 11) is -3.43. The van der Waals surface area contributed by atoms with Crippen LogP contribution in [0.4, 0.5) is 0 Å². The quantitative estimate of drug-likeness (QED) is 0.774. The third-order valence-electron chi connectivity index (χ3n) is 1.35. The molecule has 0 atom stereocenters. The van der Waals surface area contributed by atoms with Gasteiger partial charge in [0.2, 0.25) is 0 Å². The highest BCUT2D eigenvalue weighted by Gasteiger charge is 2.07. The second-order valence-electron chi connectivity index (χ2n) is 2.68. The van der Waals surface area contributed by atoms with Gasteiger partial charge in [0.15, 0.2) is 0 Å². The summed E-state index contributed by atoms with van der Waals surface area (Å²) in [6.07, 6.45) is 2.55. The van der Waals surface area contributed by atoms with Crippen LogP contribution in [0.15, 0.2) is 10.7 Å². The van der Waals surface area contributed by atoms with E-state index in [1.165, 1.54) is 0 Å². The largest absolute Gasteiger partial charge is 0.264 e. The van der Waals surface area contributed by atoms with Gasteiger partial charge in [-0.15, -0.1) is 0 Å². The molecule has 0 aliphatic carbocycles. The summed E-state index contributed by atoms with van der Waals surface area (Å²) in [4.78, 5) is 7.95. The van der Waals surface area contributed by atoms with Gasteiger partial charge < -0.3 is 0 Å². The Bertz CT molecular complexity index is 433. The van der Waals surface area contributed by atoms with Crippen LogP contribution in [0.3, 0.4) is 0 Å². The minimum atomic E-state index is -3.43. The lowest BCUT2D eigenvalue weighted by atomic mass is 10.4. The van der Waals surface area contributed by atoms with Gasteiger partial charge in [-0.05, 0) is 22.9 Å². The van der Waals surface area contributed by atoms with Crippen molar-refractivity contribution in [3.05, 3.63) is 22.2 Å². The molecule has 0 aromatic carbocycles. The molecular weight excluding hydrogens is 272 g/mol. The number of aromatic nitrogens is 2. The lowest BCUT2D eigenvalue weighted by Gasteiger charge is -2.03. The van der Waals surface area contributed by atoms with Crippen LogP contribution in [0, 0.1) is 6.92 Å². The Morgan fingerprint density at radius 3 is 2.79 bits per heavy atom. The highest BCUT2D eigenvalue weighted by atomic mass is 79.9. The van der Waals surface area contributed by atoms with Crippen LogP contribution in [0.2, 0.25) is 0 Å². The van der Waals surface area contributed by atoms with Gasteiger partial charge in [0.1, 0.15) is 12.4 Å². The number of nitrogens with zero attached hydrogens (tertiary/aromatic N) is 2. The Morgan fingerprint density at radius 1 is 1.57 bits per heavy atom. The third-order valence-corrected chi connectivity index (χ3v) is 2.56. The monoisotopic (exact) mass is 280 g/mol. The molecule has 1 rings (SSSR count). The molecule has 5 nitrogen and oxygen atoms in total. The first-order valence-corrected chi connectivity index (χ1v) is 6.32. The van der Waals surface area contributed by atoms with Crippen LogP contribution < -0.4 is 0 Å². The molecule has 0 fully saturated rings. The molecule has 0 unspecified atom stereocenters. The maximum atomic E-state index is 10.7. The lowest BCUT2D eigenvalue weighted by molar-refractivity contribution is 0.306. The van der Waals surface area contributed by atoms with Crippen molar-refractivity contribution in [2.24, 2.45) is 0 Å². The van der Waals surface area contributed by atoms with E-state index in [9.17, 15) is 8.42 Å². The van der Waals surface area contributed by atoms with E-state index in [1.54, 1.807) is 13.1 Å². The third kappa shape index (κ3) is 3.69. The summed E-state index contributed by atoms with van der Waals surface area (Å²) < 4.78 is 26.7. The van der Waals surface area contributed by atoms with Crippen molar-refractivity contribution in [2.75, 3.05) is 6.26 Å². The molecule has 1 aromatic rings. The van der Waals surface area contributed by atoms with Crippen LogP contribution in [-0.2, 0) is 20.9 Å². The first kappa shape index (κ1) is 11.5. The Labute approximate surface area is 90.8 Å². The molecule has 0 saturated heterocycles. The van der Waals surface area contributed by atoms with Gasteiger partial charge in [-0.25, -0.2) is 9.97 Å². The second kappa shape index (κ2) is 4.33. The van der Waals surface area contributed by atoms with E-state index in [-0.39, 0.29) is 6.61 Å². The van der Waals surface area contributed by atoms with Gasteiger partial charge >= 0.3 is 0 Å².